The van der Waals surface area contributed by atoms with Gasteiger partial charge in [0.15, 0.2) is 0 Å². The molecule has 18 heavy (non-hydrogen) atoms. The summed E-state index contributed by atoms with van der Waals surface area (Å²) in [5.74, 6) is -0.00516. The van der Waals surface area contributed by atoms with Gasteiger partial charge in [-0.25, -0.2) is 0 Å². The Kier molecular flexibility index (Phi) is 4.94. The summed E-state index contributed by atoms with van der Waals surface area (Å²) in [4.78, 5) is 18.2. The molecule has 2 saturated heterocycles. The average molecular weight is 257 g/mol. The summed E-state index contributed by atoms with van der Waals surface area (Å²) in [6.45, 7) is 6.44. The lowest BCUT2D eigenvalue weighted by Crippen LogP contribution is -2.54. The maximum atomic E-state index is 11.8. The van der Waals surface area contributed by atoms with Gasteiger partial charge in [0.1, 0.15) is 6.61 Å². The van der Waals surface area contributed by atoms with E-state index in [1.54, 1.807) is 4.90 Å². The zero-order valence-electron chi connectivity index (χ0n) is 11.0. The van der Waals surface area contributed by atoms with Crippen molar-refractivity contribution < 1.29 is 14.6 Å². The van der Waals surface area contributed by atoms with Crippen LogP contribution in [0.15, 0.2) is 0 Å². The Hall–Kier alpha value is -0.690. The molecule has 0 aliphatic carbocycles. The number of morpholine rings is 1. The number of rotatable bonds is 4. The number of hydrogen-bond donors (Lipinski definition) is 1. The largest absolute Gasteiger partial charge is 0.394 e. The first-order valence-electron chi connectivity index (χ1n) is 6.59. The normalized spacial score (nSPS) is 27.8. The molecule has 2 rings (SSSR count). The fourth-order valence-corrected chi connectivity index (χ4v) is 2.44. The van der Waals surface area contributed by atoms with Crippen molar-refractivity contribution >= 4 is 5.91 Å². The van der Waals surface area contributed by atoms with Crippen molar-refractivity contribution in [3.8, 4) is 0 Å². The van der Waals surface area contributed by atoms with Crippen LogP contribution in [0, 0.1) is 0 Å². The molecule has 1 atom stereocenters. The zero-order valence-corrected chi connectivity index (χ0v) is 11.0. The lowest BCUT2D eigenvalue weighted by molar-refractivity contribution is -0.150. The maximum Gasteiger partial charge on any atom is 0.249 e. The molecule has 1 unspecified atom stereocenters. The molecule has 2 aliphatic rings. The van der Waals surface area contributed by atoms with Crippen LogP contribution in [-0.2, 0) is 9.53 Å². The fraction of sp³-hybridized carbons (Fsp3) is 0.917. The molecule has 6 heteroatoms. The molecule has 0 saturated carbocycles. The van der Waals surface area contributed by atoms with E-state index in [4.69, 9.17) is 4.74 Å². The van der Waals surface area contributed by atoms with Crippen LogP contribution in [0.25, 0.3) is 0 Å². The van der Waals surface area contributed by atoms with Crippen molar-refractivity contribution in [2.45, 2.75) is 6.04 Å². The van der Waals surface area contributed by atoms with Crippen LogP contribution in [0.3, 0.4) is 0 Å². The molecule has 1 amide bonds. The van der Waals surface area contributed by atoms with Crippen LogP contribution in [0.2, 0.25) is 0 Å². The van der Waals surface area contributed by atoms with E-state index < -0.39 is 0 Å². The van der Waals surface area contributed by atoms with E-state index in [0.29, 0.717) is 13.2 Å². The molecule has 0 aromatic rings. The lowest BCUT2D eigenvalue weighted by atomic mass is 10.2. The van der Waals surface area contributed by atoms with Crippen molar-refractivity contribution in [3.63, 3.8) is 0 Å². The number of nitrogens with zero attached hydrogens (tertiary/aromatic N) is 3. The van der Waals surface area contributed by atoms with E-state index >= 15 is 0 Å². The number of hydrogen-bond acceptors (Lipinski definition) is 5. The molecule has 0 aromatic heterocycles. The van der Waals surface area contributed by atoms with Crippen molar-refractivity contribution in [2.75, 3.05) is 66.1 Å². The number of aliphatic hydroxyl groups is 1. The number of amides is 1. The fourth-order valence-electron chi connectivity index (χ4n) is 2.44. The minimum Gasteiger partial charge on any atom is -0.394 e. The highest BCUT2D eigenvalue weighted by Crippen LogP contribution is 2.08. The standard InChI is InChI=1S/C12H23N3O3/c1-13-2-4-14(5-3-13)6-7-15-11(8-16)9-18-10-12(15)17/h11,16H,2-10H2,1H3. The second kappa shape index (κ2) is 6.47. The highest BCUT2D eigenvalue weighted by molar-refractivity contribution is 5.78. The summed E-state index contributed by atoms with van der Waals surface area (Å²) in [6, 6.07) is -0.168. The molecule has 1 N–H and O–H groups in total. The van der Waals surface area contributed by atoms with Gasteiger partial charge in [-0.15, -0.1) is 0 Å². The molecule has 6 nitrogen and oxygen atoms in total. The van der Waals surface area contributed by atoms with Crippen LogP contribution < -0.4 is 0 Å². The molecule has 0 spiro atoms. The second-order valence-corrected chi connectivity index (χ2v) is 5.08. The molecular weight excluding hydrogens is 234 g/mol. The number of aliphatic hydroxyl groups excluding tert-OH is 1. The number of carbonyl (C=O) groups excluding carboxylic acids is 1. The van der Waals surface area contributed by atoms with Crippen molar-refractivity contribution in [3.05, 3.63) is 0 Å². The predicted molar refractivity (Wildman–Crippen MR) is 67.3 cm³/mol. The highest BCUT2D eigenvalue weighted by atomic mass is 16.5. The molecule has 2 fully saturated rings. The molecule has 0 aromatic carbocycles. The topological polar surface area (TPSA) is 56.2 Å². The monoisotopic (exact) mass is 257 g/mol. The van der Waals surface area contributed by atoms with Gasteiger partial charge in [-0.05, 0) is 7.05 Å². The molecule has 0 bridgehead atoms. The lowest BCUT2D eigenvalue weighted by Gasteiger charge is -2.37. The first-order valence-corrected chi connectivity index (χ1v) is 6.59. The summed E-state index contributed by atoms with van der Waals surface area (Å²) in [5.41, 5.74) is 0. The van der Waals surface area contributed by atoms with Crippen LogP contribution in [0.1, 0.15) is 0 Å². The van der Waals surface area contributed by atoms with Gasteiger partial charge in [0.05, 0.1) is 19.3 Å². The summed E-state index contributed by atoms with van der Waals surface area (Å²) in [6.07, 6.45) is 0. The van der Waals surface area contributed by atoms with Gasteiger partial charge in [0, 0.05) is 39.3 Å². The van der Waals surface area contributed by atoms with Gasteiger partial charge in [-0.1, -0.05) is 0 Å². The Bertz CT molecular complexity index is 280. The molecular formula is C12H23N3O3. The van der Waals surface area contributed by atoms with Crippen LogP contribution in [-0.4, -0.2) is 97.9 Å². The number of piperazine rings is 1. The Morgan fingerprint density at radius 2 is 2.00 bits per heavy atom. The molecule has 2 aliphatic heterocycles. The quantitative estimate of drug-likeness (QED) is 0.661. The zero-order chi connectivity index (χ0) is 13.0. The molecule has 2 heterocycles. The van der Waals surface area contributed by atoms with E-state index in [2.05, 4.69) is 16.8 Å². The third-order valence-corrected chi connectivity index (χ3v) is 3.76. The van der Waals surface area contributed by atoms with Crippen LogP contribution in [0.5, 0.6) is 0 Å². The molecule has 0 radical (unpaired) electrons. The molecule has 104 valence electrons. The smallest absolute Gasteiger partial charge is 0.249 e. The average Bonchev–Trinajstić information content (AvgIpc) is 2.39. The van der Waals surface area contributed by atoms with Gasteiger partial charge in [-0.3, -0.25) is 9.69 Å². The number of likely N-dealkylation sites (N-methyl/N-ethyl adjacent to an activating group) is 1. The van der Waals surface area contributed by atoms with Gasteiger partial charge in [-0.2, -0.15) is 0 Å². The third-order valence-electron chi connectivity index (χ3n) is 3.76. The van der Waals surface area contributed by atoms with E-state index in [1.807, 2.05) is 0 Å². The second-order valence-electron chi connectivity index (χ2n) is 5.08. The minimum atomic E-state index is -0.168. The van der Waals surface area contributed by atoms with Gasteiger partial charge < -0.3 is 19.6 Å². The van der Waals surface area contributed by atoms with Gasteiger partial charge in [0.25, 0.3) is 0 Å². The Morgan fingerprint density at radius 1 is 1.28 bits per heavy atom. The first-order chi connectivity index (χ1) is 8.70. The van der Waals surface area contributed by atoms with Gasteiger partial charge >= 0.3 is 0 Å². The first kappa shape index (κ1) is 13.7. The van der Waals surface area contributed by atoms with Crippen molar-refractivity contribution in [1.29, 1.82) is 0 Å². The number of carbonyl (C=O) groups is 1. The van der Waals surface area contributed by atoms with Crippen molar-refractivity contribution in [1.82, 2.24) is 14.7 Å². The predicted octanol–water partition coefficient (Wildman–Crippen LogP) is -1.55. The van der Waals surface area contributed by atoms with E-state index in [1.165, 1.54) is 0 Å². The Morgan fingerprint density at radius 3 is 2.67 bits per heavy atom. The SMILES string of the molecule is CN1CCN(CCN2C(=O)COCC2CO)CC1. The third kappa shape index (κ3) is 3.41. The minimum absolute atomic E-state index is 0.00516. The summed E-state index contributed by atoms with van der Waals surface area (Å²) in [5, 5.41) is 9.26. The Balaban J connectivity index is 1.78. The van der Waals surface area contributed by atoms with Gasteiger partial charge in [0.2, 0.25) is 5.91 Å². The maximum absolute atomic E-state index is 11.8. The van der Waals surface area contributed by atoms with E-state index in [0.717, 1.165) is 32.7 Å². The van der Waals surface area contributed by atoms with Crippen molar-refractivity contribution in [2.24, 2.45) is 0 Å². The Labute approximate surface area is 108 Å². The number of ether oxygens (including phenoxy) is 1. The van der Waals surface area contributed by atoms with Crippen LogP contribution >= 0.6 is 0 Å². The summed E-state index contributed by atoms with van der Waals surface area (Å²) < 4.78 is 5.15. The summed E-state index contributed by atoms with van der Waals surface area (Å²) in [7, 11) is 2.13. The van der Waals surface area contributed by atoms with E-state index in [9.17, 15) is 9.90 Å². The van der Waals surface area contributed by atoms with E-state index in [-0.39, 0.29) is 25.2 Å². The highest BCUT2D eigenvalue weighted by Gasteiger charge is 2.28. The van der Waals surface area contributed by atoms with Crippen LogP contribution in [0.4, 0.5) is 0 Å². The summed E-state index contributed by atoms with van der Waals surface area (Å²) >= 11 is 0.